The summed E-state index contributed by atoms with van der Waals surface area (Å²) in [6, 6.07) is 12.2. The number of allylic oxidation sites excluding steroid dienone is 1. The molecular formula is C29H23Cl2NO7. The number of carbonyl (C=O) groups excluding carboxylic acids is 3. The zero-order chi connectivity index (χ0) is 27.6. The maximum Gasteiger partial charge on any atom is 0.236 e. The lowest BCUT2D eigenvalue weighted by Crippen LogP contribution is -2.59. The predicted octanol–water partition coefficient (Wildman–Crippen LogP) is 5.75. The molecule has 3 atom stereocenters. The summed E-state index contributed by atoms with van der Waals surface area (Å²) < 4.78 is 23.2. The minimum atomic E-state index is -1.89. The van der Waals surface area contributed by atoms with Gasteiger partial charge in [0.15, 0.2) is 5.75 Å². The van der Waals surface area contributed by atoms with Crippen LogP contribution in [0.1, 0.15) is 41.8 Å². The first-order valence-corrected chi connectivity index (χ1v) is 13.1. The average Bonchev–Trinajstić information content (AvgIpc) is 3.52. The number of carbonyl (C=O) groups is 3. The normalized spacial score (nSPS) is 23.9. The number of benzene rings is 2. The van der Waals surface area contributed by atoms with Gasteiger partial charge in [-0.05, 0) is 30.7 Å². The van der Waals surface area contributed by atoms with Crippen LogP contribution in [0.4, 0.5) is 0 Å². The van der Waals surface area contributed by atoms with Gasteiger partial charge in [-0.3, -0.25) is 14.4 Å². The van der Waals surface area contributed by atoms with E-state index in [0.29, 0.717) is 27.8 Å². The van der Waals surface area contributed by atoms with E-state index in [0.717, 1.165) is 0 Å². The lowest BCUT2D eigenvalue weighted by atomic mass is 9.67. The molecule has 0 bridgehead atoms. The van der Waals surface area contributed by atoms with Gasteiger partial charge in [-0.25, -0.2) is 0 Å². The van der Waals surface area contributed by atoms with E-state index in [9.17, 15) is 14.4 Å². The summed E-state index contributed by atoms with van der Waals surface area (Å²) in [5, 5.41) is 3.42. The van der Waals surface area contributed by atoms with Gasteiger partial charge in [-0.1, -0.05) is 42.3 Å². The average molecular weight is 568 g/mol. The maximum atomic E-state index is 14.4. The van der Waals surface area contributed by atoms with Crippen LogP contribution >= 0.6 is 23.2 Å². The Morgan fingerprint density at radius 2 is 1.72 bits per heavy atom. The summed E-state index contributed by atoms with van der Waals surface area (Å²) in [4.78, 5) is 41.2. The van der Waals surface area contributed by atoms with E-state index in [-0.39, 0.29) is 52.2 Å². The summed E-state index contributed by atoms with van der Waals surface area (Å²) in [6.07, 6.45) is 0.182. The third kappa shape index (κ3) is 3.62. The van der Waals surface area contributed by atoms with Crippen LogP contribution in [0.25, 0.3) is 11.3 Å². The van der Waals surface area contributed by atoms with Crippen LogP contribution in [0, 0.1) is 5.92 Å². The zero-order valence-electron chi connectivity index (χ0n) is 21.2. The van der Waals surface area contributed by atoms with Crippen LogP contribution in [0.3, 0.4) is 0 Å². The molecule has 3 aliphatic rings. The highest BCUT2D eigenvalue weighted by Crippen LogP contribution is 2.55. The molecule has 39 heavy (non-hydrogen) atoms. The number of amides is 1. The molecule has 10 heteroatoms. The highest BCUT2D eigenvalue weighted by atomic mass is 35.5. The summed E-state index contributed by atoms with van der Waals surface area (Å²) in [5.41, 5.74) is -0.388. The number of hydrogen-bond acceptors (Lipinski definition) is 7. The van der Waals surface area contributed by atoms with Crippen LogP contribution < -0.4 is 19.5 Å². The van der Waals surface area contributed by atoms with E-state index in [1.54, 1.807) is 25.1 Å². The van der Waals surface area contributed by atoms with Gasteiger partial charge in [-0.15, -0.1) is 0 Å². The third-order valence-corrected chi connectivity index (χ3v) is 8.36. The Morgan fingerprint density at radius 3 is 2.44 bits per heavy atom. The molecule has 1 aromatic heterocycles. The predicted molar refractivity (Wildman–Crippen MR) is 143 cm³/mol. The van der Waals surface area contributed by atoms with Crippen molar-refractivity contribution in [1.29, 1.82) is 0 Å². The Balaban J connectivity index is 1.46. The molecule has 3 heterocycles. The number of Topliss-reactive ketones (excluding diaryl/α,β-unsaturated/α-hetero) is 2. The Kier molecular flexibility index (Phi) is 6.00. The fraction of sp³-hybridized carbons (Fsp3) is 0.276. The molecule has 1 N–H and O–H groups in total. The Bertz CT molecular complexity index is 1610. The van der Waals surface area contributed by atoms with Crippen LogP contribution in [0.2, 0.25) is 10.0 Å². The first-order chi connectivity index (χ1) is 18.7. The number of rotatable bonds is 4. The number of furan rings is 1. The number of ether oxygens (including phenoxy) is 3. The molecule has 2 aliphatic heterocycles. The molecule has 6 rings (SSSR count). The van der Waals surface area contributed by atoms with Gasteiger partial charge in [0.2, 0.25) is 23.1 Å². The van der Waals surface area contributed by atoms with E-state index in [2.05, 4.69) is 5.32 Å². The van der Waals surface area contributed by atoms with Crippen LogP contribution in [0.15, 0.2) is 58.2 Å². The van der Waals surface area contributed by atoms with E-state index in [1.807, 2.05) is 18.2 Å². The van der Waals surface area contributed by atoms with Crippen LogP contribution in [-0.4, -0.2) is 37.3 Å². The Hall–Kier alpha value is -3.75. The monoisotopic (exact) mass is 567 g/mol. The molecular weight excluding hydrogens is 545 g/mol. The fourth-order valence-electron chi connectivity index (χ4n) is 5.78. The van der Waals surface area contributed by atoms with Crippen molar-refractivity contribution in [2.75, 3.05) is 14.2 Å². The van der Waals surface area contributed by atoms with E-state index in [4.69, 9.17) is 41.8 Å². The fourth-order valence-corrected chi connectivity index (χ4v) is 6.27. The van der Waals surface area contributed by atoms with Gasteiger partial charge in [0.05, 0.1) is 25.2 Å². The number of nitrogens with one attached hydrogen (secondary N) is 1. The van der Waals surface area contributed by atoms with Crippen molar-refractivity contribution in [1.82, 2.24) is 5.32 Å². The molecule has 0 radical (unpaired) electrons. The SMILES string of the molecule is COc1cc(OC)c2c(c1Cl)O[C@@]1(C(=O)C3=C(C[C@H]1C)NC(=O)CC3c1ccc(-c3ccccc3Cl)o1)C2=O. The Labute approximate surface area is 233 Å². The number of halogens is 2. The molecule has 3 aromatic rings. The number of methoxy groups -OCH3 is 2. The Morgan fingerprint density at radius 1 is 0.974 bits per heavy atom. The second-order valence-electron chi connectivity index (χ2n) is 9.78. The van der Waals surface area contributed by atoms with E-state index >= 15 is 0 Å². The lowest BCUT2D eigenvalue weighted by molar-refractivity contribution is -0.131. The zero-order valence-corrected chi connectivity index (χ0v) is 22.7. The lowest BCUT2D eigenvalue weighted by Gasteiger charge is -2.41. The quantitative estimate of drug-likeness (QED) is 0.400. The highest BCUT2D eigenvalue weighted by Gasteiger charge is 2.63. The minimum Gasteiger partial charge on any atom is -0.496 e. The molecule has 0 fully saturated rings. The summed E-state index contributed by atoms with van der Waals surface area (Å²) in [7, 11) is 2.84. The first kappa shape index (κ1) is 25.5. The molecule has 0 saturated carbocycles. The molecule has 1 aliphatic carbocycles. The van der Waals surface area contributed by atoms with Crippen LogP contribution in [0.5, 0.6) is 17.2 Å². The van der Waals surface area contributed by atoms with Crippen molar-refractivity contribution in [2.45, 2.75) is 31.3 Å². The van der Waals surface area contributed by atoms with Gasteiger partial charge in [0.25, 0.3) is 0 Å². The maximum absolute atomic E-state index is 14.4. The number of hydrogen-bond donors (Lipinski definition) is 1. The van der Waals surface area contributed by atoms with Crippen LogP contribution in [-0.2, 0) is 9.59 Å². The van der Waals surface area contributed by atoms with Gasteiger partial charge in [0.1, 0.15) is 33.6 Å². The van der Waals surface area contributed by atoms with Crippen molar-refractivity contribution < 1.29 is 33.0 Å². The molecule has 0 saturated heterocycles. The van der Waals surface area contributed by atoms with Gasteiger partial charge < -0.3 is 23.9 Å². The largest absolute Gasteiger partial charge is 0.496 e. The molecule has 2 aromatic carbocycles. The standard InChI is InChI=1S/C29H23Cl2NO7/c1-13-10-17-23(15(11-22(33)32-17)19-9-8-18(38-19)14-6-4-5-7-16(14)30)27(34)29(13)28(35)24-20(36-2)12-21(37-3)25(31)26(24)39-29/h4-9,12-13,15H,10-11H2,1-3H3,(H,32,33)/t13-,15?,29+/m1/s1. The highest BCUT2D eigenvalue weighted by molar-refractivity contribution is 6.36. The summed E-state index contributed by atoms with van der Waals surface area (Å²) in [6.45, 7) is 1.74. The molecule has 200 valence electrons. The van der Waals surface area contributed by atoms with Crippen molar-refractivity contribution >= 4 is 40.7 Å². The number of ketones is 2. The second-order valence-corrected chi connectivity index (χ2v) is 10.6. The summed E-state index contributed by atoms with van der Waals surface area (Å²) >= 11 is 12.9. The molecule has 8 nitrogen and oxygen atoms in total. The van der Waals surface area contributed by atoms with E-state index in [1.165, 1.54) is 20.3 Å². The first-order valence-electron chi connectivity index (χ1n) is 12.3. The molecule has 1 unspecified atom stereocenters. The van der Waals surface area contributed by atoms with E-state index < -0.39 is 29.0 Å². The van der Waals surface area contributed by atoms with Crippen molar-refractivity contribution in [3.63, 3.8) is 0 Å². The third-order valence-electron chi connectivity index (χ3n) is 7.67. The minimum absolute atomic E-state index is 0.0381. The topological polar surface area (TPSA) is 104 Å². The smallest absolute Gasteiger partial charge is 0.236 e. The van der Waals surface area contributed by atoms with Gasteiger partial charge >= 0.3 is 0 Å². The molecule has 1 amide bonds. The van der Waals surface area contributed by atoms with Crippen molar-refractivity contribution in [3.8, 4) is 28.6 Å². The van der Waals surface area contributed by atoms with Gasteiger partial charge in [-0.2, -0.15) is 0 Å². The van der Waals surface area contributed by atoms with Crippen molar-refractivity contribution in [2.24, 2.45) is 5.92 Å². The number of fused-ring (bicyclic) bond motifs is 1. The van der Waals surface area contributed by atoms with Crippen molar-refractivity contribution in [3.05, 3.63) is 75.1 Å². The molecule has 1 spiro atoms. The summed E-state index contributed by atoms with van der Waals surface area (Å²) in [5.74, 6) is -1.30. The van der Waals surface area contributed by atoms with Gasteiger partial charge in [0, 0.05) is 35.2 Å². The second kappa shape index (κ2) is 9.17.